The molecule has 0 radical (unpaired) electrons. The van der Waals surface area contributed by atoms with Gasteiger partial charge in [0, 0.05) is 12.6 Å². The van der Waals surface area contributed by atoms with Gasteiger partial charge in [0.05, 0.1) is 0 Å². The lowest BCUT2D eigenvalue weighted by Gasteiger charge is -2.19. The number of carbonyl (C=O) groups excluding carboxylic acids is 2. The average Bonchev–Trinajstić information content (AvgIpc) is 3.01. The molecule has 0 saturated carbocycles. The Bertz CT molecular complexity index is 624. The zero-order chi connectivity index (χ0) is 16.8. The Hall–Kier alpha value is -2.83. The van der Waals surface area contributed by atoms with E-state index in [1.165, 1.54) is 11.0 Å². The van der Waals surface area contributed by atoms with Crippen LogP contribution in [-0.2, 0) is 14.4 Å². The number of carbonyl (C=O) groups is 3. The third-order valence-electron chi connectivity index (χ3n) is 3.50. The summed E-state index contributed by atoms with van der Waals surface area (Å²) in [5, 5.41) is 9.07. The fourth-order valence-electron chi connectivity index (χ4n) is 2.38. The normalized spacial score (nSPS) is 17.4. The third-order valence-corrected chi connectivity index (χ3v) is 3.50. The van der Waals surface area contributed by atoms with Crippen LogP contribution in [0.5, 0.6) is 5.75 Å². The van der Waals surface area contributed by atoms with Crippen LogP contribution < -0.4 is 10.5 Å². The maximum absolute atomic E-state index is 12.1. The summed E-state index contributed by atoms with van der Waals surface area (Å²) >= 11 is 0. The second-order valence-corrected chi connectivity index (χ2v) is 5.19. The van der Waals surface area contributed by atoms with Gasteiger partial charge in [-0.25, -0.2) is 4.79 Å². The Morgan fingerprint density at radius 3 is 2.61 bits per heavy atom. The second kappa shape index (κ2) is 7.44. The summed E-state index contributed by atoms with van der Waals surface area (Å²) in [5.41, 5.74) is 5.74. The highest BCUT2D eigenvalue weighted by atomic mass is 16.5. The summed E-state index contributed by atoms with van der Waals surface area (Å²) in [6.45, 7) is 0.263. The predicted molar refractivity (Wildman–Crippen MR) is 82.5 cm³/mol. The van der Waals surface area contributed by atoms with E-state index in [1.807, 2.05) is 0 Å². The van der Waals surface area contributed by atoms with Gasteiger partial charge in [-0.15, -0.1) is 0 Å². The van der Waals surface area contributed by atoms with Gasteiger partial charge in [0.2, 0.25) is 5.91 Å². The van der Waals surface area contributed by atoms with E-state index >= 15 is 0 Å². The molecule has 2 rings (SSSR count). The zero-order valence-corrected chi connectivity index (χ0v) is 12.5. The first-order valence-electron chi connectivity index (χ1n) is 7.20. The Morgan fingerprint density at radius 1 is 1.30 bits per heavy atom. The number of nitrogens with zero attached hydrogens (tertiary/aromatic N) is 1. The molecule has 0 aromatic heterocycles. The number of benzene rings is 1. The lowest BCUT2D eigenvalue weighted by Crippen LogP contribution is -2.39. The molecular formula is C16H18N2O5. The van der Waals surface area contributed by atoms with Crippen molar-refractivity contribution in [2.75, 3.05) is 13.2 Å². The molecule has 0 aliphatic carbocycles. The van der Waals surface area contributed by atoms with Gasteiger partial charge in [0.25, 0.3) is 5.91 Å². The number of nitrogens with two attached hydrogens (primary N) is 1. The first-order chi connectivity index (χ1) is 11.0. The molecule has 1 aromatic rings. The van der Waals surface area contributed by atoms with Gasteiger partial charge in [-0.05, 0) is 36.6 Å². The molecular weight excluding hydrogens is 300 g/mol. The maximum atomic E-state index is 12.1. The molecule has 122 valence electrons. The molecule has 1 aromatic carbocycles. The number of ether oxygens (including phenoxy) is 1. The van der Waals surface area contributed by atoms with Crippen LogP contribution in [0.2, 0.25) is 0 Å². The minimum atomic E-state index is -0.972. The van der Waals surface area contributed by atoms with E-state index in [9.17, 15) is 14.4 Å². The summed E-state index contributed by atoms with van der Waals surface area (Å²) in [6.07, 6.45) is 4.15. The number of hydrogen-bond acceptors (Lipinski definition) is 4. The highest BCUT2D eigenvalue weighted by Crippen LogP contribution is 2.18. The Balaban J connectivity index is 1.95. The number of hydrogen-bond donors (Lipinski definition) is 2. The summed E-state index contributed by atoms with van der Waals surface area (Å²) in [5.74, 6) is -1.35. The first kappa shape index (κ1) is 16.5. The molecule has 1 aliphatic heterocycles. The summed E-state index contributed by atoms with van der Waals surface area (Å²) < 4.78 is 5.13. The summed E-state index contributed by atoms with van der Waals surface area (Å²) in [6, 6.07) is 6.01. The average molecular weight is 318 g/mol. The van der Waals surface area contributed by atoms with E-state index in [0.29, 0.717) is 25.1 Å². The summed E-state index contributed by atoms with van der Waals surface area (Å²) in [4.78, 5) is 35.1. The molecule has 7 nitrogen and oxygen atoms in total. The third kappa shape index (κ3) is 4.57. The predicted octanol–water partition coefficient (Wildman–Crippen LogP) is 0.639. The topological polar surface area (TPSA) is 110 Å². The molecule has 1 aliphatic rings. The van der Waals surface area contributed by atoms with E-state index in [4.69, 9.17) is 15.6 Å². The standard InChI is InChI=1S/C16H18N2O5/c17-14(19)10-23-12-6-3-11(4-7-12)5-8-15(20)18-9-1-2-13(18)16(21)22/h3-8,13H,1-2,9-10H2,(H2,17,19)(H,21,22)/b8-5+/t13-/m1/s1. The Labute approximate surface area is 133 Å². The van der Waals surface area contributed by atoms with E-state index < -0.39 is 17.9 Å². The van der Waals surface area contributed by atoms with Gasteiger partial charge < -0.3 is 20.5 Å². The van der Waals surface area contributed by atoms with Gasteiger partial charge in [-0.3, -0.25) is 9.59 Å². The van der Waals surface area contributed by atoms with Gasteiger partial charge in [0.15, 0.2) is 6.61 Å². The number of rotatable bonds is 6. The van der Waals surface area contributed by atoms with Crippen LogP contribution in [-0.4, -0.2) is 47.0 Å². The molecule has 2 amide bonds. The Kier molecular flexibility index (Phi) is 5.35. The van der Waals surface area contributed by atoms with Gasteiger partial charge in [-0.1, -0.05) is 12.1 Å². The van der Waals surface area contributed by atoms with Crippen molar-refractivity contribution in [1.29, 1.82) is 0 Å². The van der Waals surface area contributed by atoms with Crippen molar-refractivity contribution in [1.82, 2.24) is 4.90 Å². The molecule has 1 fully saturated rings. The first-order valence-corrected chi connectivity index (χ1v) is 7.20. The van der Waals surface area contributed by atoms with Crippen molar-refractivity contribution in [2.24, 2.45) is 5.73 Å². The molecule has 3 N–H and O–H groups in total. The van der Waals surface area contributed by atoms with Gasteiger partial charge in [-0.2, -0.15) is 0 Å². The Morgan fingerprint density at radius 2 is 2.00 bits per heavy atom. The fourth-order valence-corrected chi connectivity index (χ4v) is 2.38. The van der Waals surface area contributed by atoms with Crippen molar-refractivity contribution >= 4 is 23.9 Å². The number of amides is 2. The number of likely N-dealkylation sites (tertiary alicyclic amines) is 1. The highest BCUT2D eigenvalue weighted by Gasteiger charge is 2.32. The SMILES string of the molecule is NC(=O)COc1ccc(/C=C/C(=O)N2CCC[C@@H]2C(=O)O)cc1. The number of carboxylic acids is 1. The number of carboxylic acid groups (broad SMARTS) is 1. The second-order valence-electron chi connectivity index (χ2n) is 5.19. The van der Waals surface area contributed by atoms with Crippen LogP contribution in [0.1, 0.15) is 18.4 Å². The number of primary amides is 1. The molecule has 1 atom stereocenters. The number of aliphatic carboxylic acids is 1. The molecule has 0 unspecified atom stereocenters. The molecule has 1 saturated heterocycles. The lowest BCUT2D eigenvalue weighted by molar-refractivity contribution is -0.146. The van der Waals surface area contributed by atoms with Crippen molar-refractivity contribution in [3.8, 4) is 5.75 Å². The van der Waals surface area contributed by atoms with Crippen molar-refractivity contribution < 1.29 is 24.2 Å². The largest absolute Gasteiger partial charge is 0.484 e. The highest BCUT2D eigenvalue weighted by molar-refractivity contribution is 5.94. The van der Waals surface area contributed by atoms with E-state index in [0.717, 1.165) is 5.56 Å². The van der Waals surface area contributed by atoms with Crippen LogP contribution in [0.4, 0.5) is 0 Å². The van der Waals surface area contributed by atoms with Crippen LogP contribution in [0.3, 0.4) is 0 Å². The maximum Gasteiger partial charge on any atom is 0.326 e. The molecule has 7 heteroatoms. The van der Waals surface area contributed by atoms with Crippen molar-refractivity contribution in [2.45, 2.75) is 18.9 Å². The van der Waals surface area contributed by atoms with Crippen LogP contribution >= 0.6 is 0 Å². The molecule has 23 heavy (non-hydrogen) atoms. The van der Waals surface area contributed by atoms with Crippen LogP contribution in [0.25, 0.3) is 6.08 Å². The van der Waals surface area contributed by atoms with E-state index in [1.54, 1.807) is 30.3 Å². The van der Waals surface area contributed by atoms with Crippen LogP contribution in [0.15, 0.2) is 30.3 Å². The quantitative estimate of drug-likeness (QED) is 0.748. The van der Waals surface area contributed by atoms with Gasteiger partial charge >= 0.3 is 5.97 Å². The van der Waals surface area contributed by atoms with E-state index in [-0.39, 0.29) is 12.5 Å². The zero-order valence-electron chi connectivity index (χ0n) is 12.5. The summed E-state index contributed by atoms with van der Waals surface area (Å²) in [7, 11) is 0. The molecule has 0 spiro atoms. The van der Waals surface area contributed by atoms with Crippen molar-refractivity contribution in [3.05, 3.63) is 35.9 Å². The fraction of sp³-hybridized carbons (Fsp3) is 0.312. The van der Waals surface area contributed by atoms with Crippen LogP contribution in [0, 0.1) is 0 Å². The smallest absolute Gasteiger partial charge is 0.326 e. The van der Waals surface area contributed by atoms with Gasteiger partial charge in [0.1, 0.15) is 11.8 Å². The monoisotopic (exact) mass is 318 g/mol. The van der Waals surface area contributed by atoms with E-state index in [2.05, 4.69) is 0 Å². The minimum absolute atomic E-state index is 0.195. The minimum Gasteiger partial charge on any atom is -0.484 e. The lowest BCUT2D eigenvalue weighted by atomic mass is 10.2. The van der Waals surface area contributed by atoms with Crippen molar-refractivity contribution in [3.63, 3.8) is 0 Å². The molecule has 1 heterocycles. The molecule has 0 bridgehead atoms.